The number of nitrogens with zero attached hydrogens (tertiary/aromatic N) is 4. The third-order valence-electron chi connectivity index (χ3n) is 6.96. The summed E-state index contributed by atoms with van der Waals surface area (Å²) in [5.74, 6) is 0.538. The first-order chi connectivity index (χ1) is 16.5. The van der Waals surface area contributed by atoms with Gasteiger partial charge in [-0.05, 0) is 50.6 Å². The second-order valence-corrected chi connectivity index (χ2v) is 9.16. The molecule has 2 N–H and O–H groups in total. The predicted octanol–water partition coefficient (Wildman–Crippen LogP) is 1.61. The number of fused-ring (bicyclic) bond motifs is 1. The lowest BCUT2D eigenvalue weighted by Gasteiger charge is -2.34. The molecule has 176 valence electrons. The average Bonchev–Trinajstić information content (AvgIpc) is 3.23. The van der Waals surface area contributed by atoms with Gasteiger partial charge in [0.2, 0.25) is 0 Å². The van der Waals surface area contributed by atoms with Crippen molar-refractivity contribution in [2.24, 2.45) is 0 Å². The molecule has 6 rings (SSSR count). The van der Waals surface area contributed by atoms with Gasteiger partial charge in [0.15, 0.2) is 18.2 Å². The monoisotopic (exact) mass is 464 g/mol. The molecule has 1 atom stereocenters. The summed E-state index contributed by atoms with van der Waals surface area (Å²) < 4.78 is 21.5. The number of piperidine rings is 1. The Balaban J connectivity index is 1.06. The Kier molecular flexibility index (Phi) is 5.26. The van der Waals surface area contributed by atoms with Crippen molar-refractivity contribution < 1.29 is 13.9 Å². The highest BCUT2D eigenvalue weighted by atomic mass is 19.1. The van der Waals surface area contributed by atoms with Crippen molar-refractivity contribution in [3.05, 3.63) is 57.9 Å². The summed E-state index contributed by atoms with van der Waals surface area (Å²) in [4.78, 5) is 35.1. The number of rotatable bonds is 5. The van der Waals surface area contributed by atoms with E-state index in [4.69, 9.17) is 4.74 Å². The van der Waals surface area contributed by atoms with Gasteiger partial charge in [-0.3, -0.25) is 14.6 Å². The number of pyridine rings is 3. The minimum atomic E-state index is -0.334. The van der Waals surface area contributed by atoms with Crippen LogP contribution in [-0.2, 0) is 17.8 Å². The van der Waals surface area contributed by atoms with Crippen LogP contribution < -0.4 is 20.9 Å². The van der Waals surface area contributed by atoms with Crippen molar-refractivity contribution in [3.63, 3.8) is 0 Å². The fourth-order valence-electron chi connectivity index (χ4n) is 5.26. The third-order valence-corrected chi connectivity index (χ3v) is 6.96. The molecule has 0 bridgehead atoms. The van der Waals surface area contributed by atoms with E-state index in [1.807, 2.05) is 12.1 Å². The average molecular weight is 465 g/mol. The van der Waals surface area contributed by atoms with E-state index in [1.165, 1.54) is 12.3 Å². The van der Waals surface area contributed by atoms with E-state index >= 15 is 0 Å². The van der Waals surface area contributed by atoms with Gasteiger partial charge in [-0.1, -0.05) is 0 Å². The summed E-state index contributed by atoms with van der Waals surface area (Å²) in [6.07, 6.45) is 3.72. The Labute approximate surface area is 194 Å². The minimum Gasteiger partial charge on any atom is -0.480 e. The van der Waals surface area contributed by atoms with Crippen LogP contribution in [-0.4, -0.2) is 57.6 Å². The molecule has 0 aliphatic carbocycles. The normalized spacial score (nSPS) is 20.3. The summed E-state index contributed by atoms with van der Waals surface area (Å²) in [6.45, 7) is 3.14. The number of carbonyl (C=O) groups is 1. The van der Waals surface area contributed by atoms with Crippen molar-refractivity contribution in [2.45, 2.75) is 37.9 Å². The lowest BCUT2D eigenvalue weighted by molar-refractivity contribution is -0.118. The van der Waals surface area contributed by atoms with Crippen LogP contribution in [0, 0.1) is 5.82 Å². The highest BCUT2D eigenvalue weighted by Gasteiger charge is 2.31. The molecule has 0 spiro atoms. The maximum absolute atomic E-state index is 14.4. The highest BCUT2D eigenvalue weighted by Crippen LogP contribution is 2.32. The summed E-state index contributed by atoms with van der Waals surface area (Å²) in [5.41, 5.74) is 2.66. The highest BCUT2D eigenvalue weighted by molar-refractivity contribution is 5.94. The molecular weight excluding hydrogens is 439 g/mol. The number of hydrogen-bond acceptors (Lipinski definition) is 7. The molecule has 3 aliphatic heterocycles. The molecule has 3 aliphatic rings. The van der Waals surface area contributed by atoms with Gasteiger partial charge in [0, 0.05) is 30.8 Å². The first-order valence-corrected chi connectivity index (χ1v) is 11.6. The molecule has 0 unspecified atom stereocenters. The molecule has 1 fully saturated rings. The maximum Gasteiger partial charge on any atom is 0.263 e. The zero-order chi connectivity index (χ0) is 23.2. The Morgan fingerprint density at radius 1 is 1.18 bits per heavy atom. The number of likely N-dealkylation sites (tertiary alicyclic amines) is 1. The topological polar surface area (TPSA) is 101 Å². The van der Waals surface area contributed by atoms with Crippen molar-refractivity contribution >= 4 is 22.8 Å². The number of carbonyl (C=O) groups excluding carboxylic acids is 1. The first-order valence-electron chi connectivity index (χ1n) is 11.6. The number of anilines is 1. The van der Waals surface area contributed by atoms with E-state index in [2.05, 4.69) is 25.5 Å². The summed E-state index contributed by atoms with van der Waals surface area (Å²) in [7, 11) is 0. The molecule has 10 heteroatoms. The summed E-state index contributed by atoms with van der Waals surface area (Å²) in [6, 6.07) is 7.22. The Bertz CT molecular complexity index is 1330. The van der Waals surface area contributed by atoms with Gasteiger partial charge in [0.05, 0.1) is 29.0 Å². The number of ether oxygens (including phenoxy) is 1. The molecule has 0 radical (unpaired) electrons. The zero-order valence-corrected chi connectivity index (χ0v) is 18.6. The van der Waals surface area contributed by atoms with Gasteiger partial charge in [0.1, 0.15) is 5.82 Å². The van der Waals surface area contributed by atoms with E-state index in [-0.39, 0.29) is 29.9 Å². The predicted molar refractivity (Wildman–Crippen MR) is 123 cm³/mol. The summed E-state index contributed by atoms with van der Waals surface area (Å²) in [5, 5.41) is 6.30. The zero-order valence-electron chi connectivity index (χ0n) is 18.6. The van der Waals surface area contributed by atoms with Crippen LogP contribution in [0.5, 0.6) is 5.75 Å². The largest absolute Gasteiger partial charge is 0.480 e. The molecule has 34 heavy (non-hydrogen) atoms. The SMILES string of the molecule is O=C1COc2ccc(CNC3CCN(C[C@@H]4Cc5c(F)cnc6ccc(=O)n4c56)CC3)nc2N1. The third kappa shape index (κ3) is 3.82. The standard InChI is InChI=1S/C24H25FN6O3/c25-18-11-27-19-2-4-22(33)31-16(9-17(18)23(19)31)12-30-7-5-14(6-8-30)26-10-15-1-3-20-24(28-15)29-21(32)13-34-20/h1-4,11,14,16,26H,5-10,12-13H2,(H,28,29,32)/t16-/m0/s1. The van der Waals surface area contributed by atoms with Crippen LogP contribution in [0.25, 0.3) is 11.0 Å². The second kappa shape index (κ2) is 8.44. The van der Waals surface area contributed by atoms with Crippen LogP contribution >= 0.6 is 0 Å². The van der Waals surface area contributed by atoms with Gasteiger partial charge in [-0.2, -0.15) is 0 Å². The second-order valence-electron chi connectivity index (χ2n) is 9.16. The number of hydrogen-bond donors (Lipinski definition) is 2. The molecule has 6 heterocycles. The van der Waals surface area contributed by atoms with Gasteiger partial charge in [-0.25, -0.2) is 9.37 Å². The van der Waals surface area contributed by atoms with Crippen LogP contribution in [0.15, 0.2) is 35.3 Å². The van der Waals surface area contributed by atoms with E-state index in [9.17, 15) is 14.0 Å². The van der Waals surface area contributed by atoms with Gasteiger partial charge < -0.3 is 24.8 Å². The van der Waals surface area contributed by atoms with Crippen molar-refractivity contribution in [1.29, 1.82) is 0 Å². The van der Waals surface area contributed by atoms with Gasteiger partial charge in [-0.15, -0.1) is 0 Å². The molecule has 3 aromatic rings. The minimum absolute atomic E-state index is 0.0212. The van der Waals surface area contributed by atoms with Crippen molar-refractivity contribution in [3.8, 4) is 5.75 Å². The van der Waals surface area contributed by atoms with E-state index in [0.717, 1.165) is 31.6 Å². The van der Waals surface area contributed by atoms with Gasteiger partial charge in [0.25, 0.3) is 11.5 Å². The molecule has 0 saturated carbocycles. The quantitative estimate of drug-likeness (QED) is 0.592. The number of amides is 1. The lowest BCUT2D eigenvalue weighted by atomic mass is 10.0. The van der Waals surface area contributed by atoms with E-state index in [1.54, 1.807) is 10.6 Å². The van der Waals surface area contributed by atoms with Crippen LogP contribution in [0.2, 0.25) is 0 Å². The van der Waals surface area contributed by atoms with Crippen molar-refractivity contribution in [1.82, 2.24) is 24.8 Å². The van der Waals surface area contributed by atoms with E-state index in [0.29, 0.717) is 53.7 Å². The fraction of sp³-hybridized carbons (Fsp3) is 0.417. The molecule has 9 nitrogen and oxygen atoms in total. The summed E-state index contributed by atoms with van der Waals surface area (Å²) >= 11 is 0. The molecule has 1 amide bonds. The lowest BCUT2D eigenvalue weighted by Crippen LogP contribution is -2.44. The molecule has 3 aromatic heterocycles. The Morgan fingerprint density at radius 2 is 2.03 bits per heavy atom. The maximum atomic E-state index is 14.4. The molecule has 1 saturated heterocycles. The fourth-order valence-corrected chi connectivity index (χ4v) is 5.26. The van der Waals surface area contributed by atoms with Gasteiger partial charge >= 0.3 is 0 Å². The van der Waals surface area contributed by atoms with E-state index < -0.39 is 0 Å². The number of aromatic nitrogens is 3. The number of halogens is 1. The van der Waals surface area contributed by atoms with Crippen LogP contribution in [0.4, 0.5) is 10.2 Å². The van der Waals surface area contributed by atoms with Crippen LogP contribution in [0.3, 0.4) is 0 Å². The molecular formula is C24H25FN6O3. The van der Waals surface area contributed by atoms with Crippen LogP contribution in [0.1, 0.15) is 30.1 Å². The first kappa shape index (κ1) is 21.2. The molecule has 0 aromatic carbocycles. The Morgan fingerprint density at radius 3 is 2.88 bits per heavy atom. The smallest absolute Gasteiger partial charge is 0.263 e. The number of nitrogens with one attached hydrogen (secondary N) is 2. The Hall–Kier alpha value is -3.37. The van der Waals surface area contributed by atoms with Crippen molar-refractivity contribution in [2.75, 3.05) is 31.6 Å².